The minimum absolute atomic E-state index is 0.244. The molecule has 0 atom stereocenters. The lowest BCUT2D eigenvalue weighted by molar-refractivity contribution is 0.419. The molecule has 0 radical (unpaired) electrons. The molecule has 0 unspecified atom stereocenters. The molecular formula is C11H10N2O. The zero-order valence-electron chi connectivity index (χ0n) is 7.81. The predicted molar refractivity (Wildman–Crippen MR) is 55.8 cm³/mol. The maximum Gasteiger partial charge on any atom is 0.116 e. The van der Waals surface area contributed by atoms with Crippen molar-refractivity contribution in [3.05, 3.63) is 42.0 Å². The van der Waals surface area contributed by atoms with Gasteiger partial charge in [0, 0.05) is 11.5 Å². The molecule has 1 N–H and O–H groups in total. The summed E-state index contributed by atoms with van der Waals surface area (Å²) in [6.45, 7) is 1.62. The van der Waals surface area contributed by atoms with Crippen molar-refractivity contribution in [3.8, 4) is 0 Å². The smallest absolute Gasteiger partial charge is 0.116 e. The number of allylic oxidation sites excluding steroid dienone is 1. The number of hydrogen-bond donors (Lipinski definition) is 1. The summed E-state index contributed by atoms with van der Waals surface area (Å²) in [6, 6.07) is 7.70. The molecule has 0 saturated carbocycles. The lowest BCUT2D eigenvalue weighted by Crippen LogP contribution is -1.87. The molecule has 14 heavy (non-hydrogen) atoms. The van der Waals surface area contributed by atoms with Gasteiger partial charge in [0.05, 0.1) is 17.0 Å². The molecule has 1 aromatic heterocycles. The van der Waals surface area contributed by atoms with Gasteiger partial charge in [0.25, 0.3) is 0 Å². The number of hydrogen-bond acceptors (Lipinski definition) is 3. The molecule has 0 saturated heterocycles. The zero-order chi connectivity index (χ0) is 9.97. The Bertz CT molecular complexity index is 482. The Labute approximate surface area is 81.8 Å². The molecule has 0 spiro atoms. The van der Waals surface area contributed by atoms with E-state index in [0.29, 0.717) is 0 Å². The summed E-state index contributed by atoms with van der Waals surface area (Å²) < 4.78 is 0. The highest BCUT2D eigenvalue weighted by Gasteiger charge is 1.99. The quantitative estimate of drug-likeness (QED) is 0.696. The summed E-state index contributed by atoms with van der Waals surface area (Å²) in [7, 11) is 0. The lowest BCUT2D eigenvalue weighted by Gasteiger charge is -1.99. The van der Waals surface area contributed by atoms with Crippen LogP contribution in [0.2, 0.25) is 0 Å². The normalized spacial score (nSPS) is 11.9. The van der Waals surface area contributed by atoms with Crippen LogP contribution >= 0.6 is 0 Å². The van der Waals surface area contributed by atoms with Crippen molar-refractivity contribution in [1.82, 2.24) is 9.97 Å². The summed E-state index contributed by atoms with van der Waals surface area (Å²) in [6.07, 6.45) is 3.13. The minimum atomic E-state index is 0.244. The average molecular weight is 186 g/mol. The van der Waals surface area contributed by atoms with Crippen LogP contribution in [0.3, 0.4) is 0 Å². The van der Waals surface area contributed by atoms with E-state index in [0.717, 1.165) is 16.6 Å². The zero-order valence-corrected chi connectivity index (χ0v) is 7.81. The summed E-state index contributed by atoms with van der Waals surface area (Å²) in [5.41, 5.74) is 1.63. The van der Waals surface area contributed by atoms with Crippen molar-refractivity contribution in [3.63, 3.8) is 0 Å². The number of aliphatic hydroxyl groups excluding tert-OH is 1. The van der Waals surface area contributed by atoms with Gasteiger partial charge in [-0.2, -0.15) is 0 Å². The highest BCUT2D eigenvalue weighted by atomic mass is 16.3. The van der Waals surface area contributed by atoms with Gasteiger partial charge >= 0.3 is 0 Å². The molecule has 0 aliphatic carbocycles. The number of para-hydroxylation sites is 1. The monoisotopic (exact) mass is 186 g/mol. The molecule has 0 bridgehead atoms. The van der Waals surface area contributed by atoms with Crippen LogP contribution in [0.5, 0.6) is 0 Å². The van der Waals surface area contributed by atoms with Gasteiger partial charge in [0.2, 0.25) is 0 Å². The Hall–Kier alpha value is -1.90. The van der Waals surface area contributed by atoms with E-state index >= 15 is 0 Å². The van der Waals surface area contributed by atoms with Gasteiger partial charge < -0.3 is 5.11 Å². The maximum absolute atomic E-state index is 9.17. The topological polar surface area (TPSA) is 46.0 Å². The Morgan fingerprint density at radius 2 is 2.07 bits per heavy atom. The molecule has 1 aromatic carbocycles. The Morgan fingerprint density at radius 3 is 2.86 bits per heavy atom. The fraction of sp³-hybridized carbons (Fsp3) is 0.0909. The fourth-order valence-electron chi connectivity index (χ4n) is 1.34. The van der Waals surface area contributed by atoms with Crippen LogP contribution < -0.4 is 0 Å². The maximum atomic E-state index is 9.17. The summed E-state index contributed by atoms with van der Waals surface area (Å²) in [5, 5.41) is 10.1. The second kappa shape index (κ2) is 3.46. The molecule has 1 heterocycles. The van der Waals surface area contributed by atoms with E-state index in [9.17, 15) is 0 Å². The number of rotatable bonds is 1. The fourth-order valence-corrected chi connectivity index (χ4v) is 1.34. The Kier molecular flexibility index (Phi) is 2.14. The van der Waals surface area contributed by atoms with Crippen LogP contribution in [0, 0.1) is 0 Å². The van der Waals surface area contributed by atoms with Gasteiger partial charge in [-0.1, -0.05) is 18.2 Å². The van der Waals surface area contributed by atoms with Crippen molar-refractivity contribution in [2.45, 2.75) is 6.92 Å². The number of aliphatic hydroxyl groups is 1. The van der Waals surface area contributed by atoms with E-state index in [4.69, 9.17) is 5.11 Å². The van der Waals surface area contributed by atoms with Gasteiger partial charge in [-0.05, 0) is 13.0 Å². The molecule has 3 heteroatoms. The van der Waals surface area contributed by atoms with Crippen molar-refractivity contribution in [2.75, 3.05) is 0 Å². The van der Waals surface area contributed by atoms with Gasteiger partial charge in [0.1, 0.15) is 6.33 Å². The first-order chi connectivity index (χ1) is 6.77. The minimum Gasteiger partial charge on any atom is -0.513 e. The molecule has 0 aliphatic rings. The van der Waals surface area contributed by atoms with E-state index < -0.39 is 0 Å². The number of fused-ring (bicyclic) bond motifs is 1. The third kappa shape index (κ3) is 1.57. The molecule has 0 aliphatic heterocycles. The third-order valence-electron chi connectivity index (χ3n) is 1.92. The van der Waals surface area contributed by atoms with E-state index in [1.54, 1.807) is 13.0 Å². The Morgan fingerprint density at radius 1 is 1.29 bits per heavy atom. The molecule has 2 aromatic rings. The second-order valence-electron chi connectivity index (χ2n) is 3.06. The van der Waals surface area contributed by atoms with E-state index in [1.165, 1.54) is 6.33 Å². The molecule has 0 amide bonds. The standard InChI is InChI=1S/C11H10N2O/c1-8(14)6-11-9-4-2-3-5-10(9)12-7-13-11/h2-7,14H,1H3/b8-6+. The average Bonchev–Trinajstić information content (AvgIpc) is 2.18. The number of nitrogens with zero attached hydrogens (tertiary/aromatic N) is 2. The van der Waals surface area contributed by atoms with E-state index in [2.05, 4.69) is 9.97 Å². The summed E-state index contributed by atoms with van der Waals surface area (Å²) >= 11 is 0. The van der Waals surface area contributed by atoms with Crippen molar-refractivity contribution in [2.24, 2.45) is 0 Å². The van der Waals surface area contributed by atoms with Gasteiger partial charge in [0.15, 0.2) is 0 Å². The molecule has 70 valence electrons. The second-order valence-corrected chi connectivity index (χ2v) is 3.06. The van der Waals surface area contributed by atoms with E-state index in [-0.39, 0.29) is 5.76 Å². The van der Waals surface area contributed by atoms with Crippen LogP contribution in [-0.2, 0) is 0 Å². The highest BCUT2D eigenvalue weighted by molar-refractivity contribution is 5.85. The predicted octanol–water partition coefficient (Wildman–Crippen LogP) is 2.55. The highest BCUT2D eigenvalue weighted by Crippen LogP contribution is 2.15. The van der Waals surface area contributed by atoms with Crippen molar-refractivity contribution >= 4 is 17.0 Å². The van der Waals surface area contributed by atoms with Gasteiger partial charge in [-0.3, -0.25) is 0 Å². The third-order valence-corrected chi connectivity index (χ3v) is 1.92. The van der Waals surface area contributed by atoms with E-state index in [1.807, 2.05) is 24.3 Å². The molecular weight excluding hydrogens is 176 g/mol. The van der Waals surface area contributed by atoms with Crippen LogP contribution in [-0.4, -0.2) is 15.1 Å². The molecule has 3 nitrogen and oxygen atoms in total. The summed E-state index contributed by atoms with van der Waals surface area (Å²) in [5.74, 6) is 0.244. The lowest BCUT2D eigenvalue weighted by atomic mass is 10.2. The first-order valence-corrected chi connectivity index (χ1v) is 4.34. The van der Waals surface area contributed by atoms with Crippen LogP contribution in [0.25, 0.3) is 17.0 Å². The Balaban J connectivity index is 2.71. The van der Waals surface area contributed by atoms with Crippen molar-refractivity contribution < 1.29 is 5.11 Å². The molecule has 0 fully saturated rings. The first-order valence-electron chi connectivity index (χ1n) is 4.34. The largest absolute Gasteiger partial charge is 0.513 e. The van der Waals surface area contributed by atoms with Crippen LogP contribution in [0.15, 0.2) is 36.4 Å². The van der Waals surface area contributed by atoms with Crippen LogP contribution in [0.1, 0.15) is 12.6 Å². The van der Waals surface area contributed by atoms with Gasteiger partial charge in [-0.25, -0.2) is 9.97 Å². The SMILES string of the molecule is C/C(O)=C\c1ncnc2ccccc12. The van der Waals surface area contributed by atoms with Crippen LogP contribution in [0.4, 0.5) is 0 Å². The number of aromatic nitrogens is 2. The van der Waals surface area contributed by atoms with Gasteiger partial charge in [-0.15, -0.1) is 0 Å². The van der Waals surface area contributed by atoms with Crippen molar-refractivity contribution in [1.29, 1.82) is 0 Å². The summed E-state index contributed by atoms with van der Waals surface area (Å²) in [4.78, 5) is 8.23. The number of benzene rings is 1. The first kappa shape index (κ1) is 8.69. The molecule has 2 rings (SSSR count).